The van der Waals surface area contributed by atoms with Crippen LogP contribution in [-0.2, 0) is 33.3 Å². The number of carboxylic acid groups (broad SMARTS) is 1. The molecule has 0 aromatic carbocycles. The van der Waals surface area contributed by atoms with Gasteiger partial charge in [-0.2, -0.15) is 0 Å². The Balaban J connectivity index is 4.34. The van der Waals surface area contributed by atoms with Gasteiger partial charge in [0.25, 0.3) is 0 Å². The minimum absolute atomic E-state index is 0.139. The van der Waals surface area contributed by atoms with Crippen molar-refractivity contribution in [2.24, 2.45) is 0 Å². The molecule has 71 heavy (non-hydrogen) atoms. The van der Waals surface area contributed by atoms with Gasteiger partial charge in [0.2, 0.25) is 0 Å². The van der Waals surface area contributed by atoms with Crippen molar-refractivity contribution in [3.05, 3.63) is 97.2 Å². The number of quaternary nitrogens is 1. The zero-order valence-electron chi connectivity index (χ0n) is 46.1. The Kier molecular flexibility index (Phi) is 49.7. The molecule has 0 aromatic rings. The van der Waals surface area contributed by atoms with E-state index in [0.29, 0.717) is 17.4 Å². The molecular weight excluding hydrogens is 887 g/mol. The summed E-state index contributed by atoms with van der Waals surface area (Å²) in [7, 11) is 5.91. The standard InChI is InChI=1S/C62H105NO8/c1-6-8-10-12-14-16-18-20-22-24-26-28-29-30-31-33-35-37-39-41-43-45-47-49-51-53-60(65)71-58(57-70-62(61(66)67)68-55-54-63(3,4)5)56-69-59(64)52-50-48-46-44-42-40-38-36-34-32-27-25-23-21-19-17-15-13-11-9-7-2/h8,10,14,16,19-22,25-28,30-31,35,37,58,62H,6-7,9,11-13,15,17-18,23-24,29,32-34,36,38-57H2,1-5H3/b10-8-,16-14-,21-19-,22-20-,27-25-,28-26-,31-30-,37-35-. The van der Waals surface area contributed by atoms with Gasteiger partial charge in [-0.05, 0) is 96.3 Å². The lowest BCUT2D eigenvalue weighted by atomic mass is 10.1. The number of unbranched alkanes of at least 4 members (excludes halogenated alkanes) is 20. The predicted octanol–water partition coefficient (Wildman–Crippen LogP) is 15.2. The zero-order chi connectivity index (χ0) is 52.0. The minimum atomic E-state index is -1.63. The topological polar surface area (TPSA) is 111 Å². The first-order chi connectivity index (χ1) is 34.6. The van der Waals surface area contributed by atoms with Crippen LogP contribution in [0, 0.1) is 0 Å². The summed E-state index contributed by atoms with van der Waals surface area (Å²) in [5, 5.41) is 11.8. The quantitative estimate of drug-likeness (QED) is 0.0195. The molecule has 0 aliphatic heterocycles. The summed E-state index contributed by atoms with van der Waals surface area (Å²) in [6.45, 7) is 4.59. The number of carboxylic acids is 1. The molecule has 0 aliphatic rings. The number of allylic oxidation sites excluding steroid dienone is 16. The molecule has 0 fully saturated rings. The van der Waals surface area contributed by atoms with Crippen molar-refractivity contribution in [1.29, 1.82) is 0 Å². The Morgan fingerprint density at radius 2 is 0.803 bits per heavy atom. The van der Waals surface area contributed by atoms with Gasteiger partial charge in [0.15, 0.2) is 12.4 Å². The second-order valence-electron chi connectivity index (χ2n) is 19.8. The van der Waals surface area contributed by atoms with Crippen molar-refractivity contribution in [3.8, 4) is 0 Å². The third-order valence-corrected chi connectivity index (χ3v) is 11.8. The summed E-state index contributed by atoms with van der Waals surface area (Å²) in [5.74, 6) is -2.32. The number of esters is 2. The molecule has 0 saturated heterocycles. The number of carbonyl (C=O) groups is 3. The maximum absolute atomic E-state index is 12.9. The van der Waals surface area contributed by atoms with Gasteiger partial charge >= 0.3 is 11.9 Å². The second kappa shape index (κ2) is 52.5. The van der Waals surface area contributed by atoms with E-state index in [-0.39, 0.29) is 38.6 Å². The molecule has 9 nitrogen and oxygen atoms in total. The van der Waals surface area contributed by atoms with E-state index < -0.39 is 24.3 Å². The number of likely N-dealkylation sites (N-methyl/N-ethyl adjacent to an activating group) is 1. The van der Waals surface area contributed by atoms with Crippen LogP contribution in [0.5, 0.6) is 0 Å². The molecule has 0 rings (SSSR count). The van der Waals surface area contributed by atoms with Crippen molar-refractivity contribution >= 4 is 17.9 Å². The van der Waals surface area contributed by atoms with Crippen LogP contribution in [0.15, 0.2) is 97.2 Å². The number of rotatable bonds is 51. The lowest BCUT2D eigenvalue weighted by molar-refractivity contribution is -0.870. The summed E-state index contributed by atoms with van der Waals surface area (Å²) in [4.78, 5) is 37.3. The fraction of sp³-hybridized carbons (Fsp3) is 0.694. The van der Waals surface area contributed by atoms with Gasteiger partial charge in [-0.15, -0.1) is 0 Å². The average Bonchev–Trinajstić information content (AvgIpc) is 3.34. The molecule has 406 valence electrons. The summed E-state index contributed by atoms with van der Waals surface area (Å²) < 4.78 is 22.7. The molecule has 9 heteroatoms. The summed E-state index contributed by atoms with van der Waals surface area (Å²) >= 11 is 0. The smallest absolute Gasteiger partial charge is 0.306 e. The molecule has 0 saturated carbocycles. The van der Waals surface area contributed by atoms with E-state index in [4.69, 9.17) is 18.9 Å². The van der Waals surface area contributed by atoms with E-state index in [1.165, 1.54) is 70.6 Å². The zero-order valence-corrected chi connectivity index (χ0v) is 46.1. The fourth-order valence-electron chi connectivity index (χ4n) is 7.45. The van der Waals surface area contributed by atoms with Crippen molar-refractivity contribution in [3.63, 3.8) is 0 Å². The Hall–Kier alpha value is -3.79. The Labute approximate surface area is 435 Å². The number of hydrogen-bond donors (Lipinski definition) is 0. The van der Waals surface area contributed by atoms with Crippen molar-refractivity contribution in [2.75, 3.05) is 47.5 Å². The molecule has 0 aromatic heterocycles. The molecule has 0 amide bonds. The summed E-state index contributed by atoms with van der Waals surface area (Å²) in [5.41, 5.74) is 0. The molecular formula is C62H105NO8. The lowest BCUT2D eigenvalue weighted by Crippen LogP contribution is -2.44. The van der Waals surface area contributed by atoms with Gasteiger partial charge in [-0.3, -0.25) is 9.59 Å². The van der Waals surface area contributed by atoms with E-state index in [2.05, 4.69) is 111 Å². The first-order valence-electron chi connectivity index (χ1n) is 28.4. The van der Waals surface area contributed by atoms with Crippen LogP contribution in [0.4, 0.5) is 0 Å². The Morgan fingerprint density at radius 1 is 0.437 bits per heavy atom. The Bertz CT molecular complexity index is 1480. The average molecular weight is 993 g/mol. The van der Waals surface area contributed by atoms with Crippen LogP contribution < -0.4 is 5.11 Å². The van der Waals surface area contributed by atoms with Gasteiger partial charge in [0.05, 0.1) is 40.3 Å². The molecule has 0 heterocycles. The van der Waals surface area contributed by atoms with Gasteiger partial charge in [-0.25, -0.2) is 0 Å². The SMILES string of the molecule is CC/C=C\C/C=C\C/C=C\C/C=C\C/C=C\C/C=C\CCCCCCCCC(=O)OC(COC(=O)CCCCCCCCCCC/C=C\C/C=C\CCCCCCC)COC(OCC[N+](C)(C)C)C(=O)[O-]. The van der Waals surface area contributed by atoms with Gasteiger partial charge in [0, 0.05) is 12.8 Å². The monoisotopic (exact) mass is 992 g/mol. The maximum Gasteiger partial charge on any atom is 0.306 e. The predicted molar refractivity (Wildman–Crippen MR) is 297 cm³/mol. The van der Waals surface area contributed by atoms with Crippen LogP contribution in [0.25, 0.3) is 0 Å². The normalized spacial score (nSPS) is 13.5. The number of carbonyl (C=O) groups excluding carboxylic acids is 3. The van der Waals surface area contributed by atoms with Crippen LogP contribution in [-0.4, -0.2) is 82.3 Å². The third-order valence-electron chi connectivity index (χ3n) is 11.8. The highest BCUT2D eigenvalue weighted by atomic mass is 16.7. The molecule has 0 N–H and O–H groups in total. The third kappa shape index (κ3) is 53.8. The van der Waals surface area contributed by atoms with E-state index in [1.54, 1.807) is 0 Å². The largest absolute Gasteiger partial charge is 0.545 e. The molecule has 2 atom stereocenters. The lowest BCUT2D eigenvalue weighted by Gasteiger charge is -2.26. The van der Waals surface area contributed by atoms with Crippen LogP contribution >= 0.6 is 0 Å². The highest BCUT2D eigenvalue weighted by Crippen LogP contribution is 2.14. The van der Waals surface area contributed by atoms with E-state index >= 15 is 0 Å². The number of nitrogens with zero attached hydrogens (tertiary/aromatic N) is 1. The molecule has 0 bridgehead atoms. The minimum Gasteiger partial charge on any atom is -0.545 e. The Morgan fingerprint density at radius 3 is 1.20 bits per heavy atom. The number of aliphatic carboxylic acids is 1. The summed E-state index contributed by atoms with van der Waals surface area (Å²) in [6, 6.07) is 0. The molecule has 0 radical (unpaired) electrons. The van der Waals surface area contributed by atoms with Crippen molar-refractivity contribution in [2.45, 2.75) is 232 Å². The summed E-state index contributed by atoms with van der Waals surface area (Å²) in [6.07, 6.45) is 67.3. The van der Waals surface area contributed by atoms with Gasteiger partial charge < -0.3 is 33.3 Å². The van der Waals surface area contributed by atoms with Crippen molar-refractivity contribution in [1.82, 2.24) is 0 Å². The van der Waals surface area contributed by atoms with Crippen LogP contribution in [0.1, 0.15) is 219 Å². The van der Waals surface area contributed by atoms with Crippen molar-refractivity contribution < 1.29 is 42.9 Å². The second-order valence-corrected chi connectivity index (χ2v) is 19.8. The first-order valence-corrected chi connectivity index (χ1v) is 28.4. The van der Waals surface area contributed by atoms with Crippen LogP contribution in [0.3, 0.4) is 0 Å². The number of hydrogen-bond acceptors (Lipinski definition) is 8. The first kappa shape index (κ1) is 67.2. The van der Waals surface area contributed by atoms with E-state index in [9.17, 15) is 19.5 Å². The highest BCUT2D eigenvalue weighted by molar-refractivity contribution is 5.70. The maximum atomic E-state index is 12.9. The molecule has 2 unspecified atom stereocenters. The molecule has 0 aliphatic carbocycles. The fourth-order valence-corrected chi connectivity index (χ4v) is 7.45. The molecule has 0 spiro atoms. The highest BCUT2D eigenvalue weighted by Gasteiger charge is 2.22. The van der Waals surface area contributed by atoms with Crippen LogP contribution in [0.2, 0.25) is 0 Å². The van der Waals surface area contributed by atoms with Gasteiger partial charge in [0.1, 0.15) is 13.2 Å². The number of ether oxygens (including phenoxy) is 4. The van der Waals surface area contributed by atoms with E-state index in [0.717, 1.165) is 116 Å². The van der Waals surface area contributed by atoms with Gasteiger partial charge in [-0.1, -0.05) is 207 Å². The van der Waals surface area contributed by atoms with E-state index in [1.807, 2.05) is 21.1 Å².